The number of morpholine rings is 1. The van der Waals surface area contributed by atoms with Crippen molar-refractivity contribution in [1.82, 2.24) is 19.7 Å². The highest BCUT2D eigenvalue weighted by Crippen LogP contribution is 2.10. The Morgan fingerprint density at radius 1 is 1.59 bits per heavy atom. The summed E-state index contributed by atoms with van der Waals surface area (Å²) < 4.78 is 6.60. The van der Waals surface area contributed by atoms with Crippen LogP contribution in [0.1, 0.15) is 18.8 Å². The summed E-state index contributed by atoms with van der Waals surface area (Å²) in [6.45, 7) is 4.08. The van der Waals surface area contributed by atoms with Crippen LogP contribution in [0.15, 0.2) is 6.33 Å². The van der Waals surface area contributed by atoms with Gasteiger partial charge in [0.05, 0.1) is 13.2 Å². The number of hydrogen-bond acceptors (Lipinski definition) is 5. The average molecular weight is 235 g/mol. The van der Waals surface area contributed by atoms with E-state index in [2.05, 4.69) is 10.1 Å². The number of ether oxygens (including phenoxy) is 1. The molecule has 1 aliphatic heterocycles. The van der Waals surface area contributed by atoms with Crippen molar-refractivity contribution in [3.8, 4) is 6.07 Å². The van der Waals surface area contributed by atoms with Crippen LogP contribution in [0.5, 0.6) is 0 Å². The molecule has 1 atom stereocenters. The van der Waals surface area contributed by atoms with Crippen LogP contribution in [0.25, 0.3) is 0 Å². The molecule has 0 spiro atoms. The van der Waals surface area contributed by atoms with E-state index in [0.717, 1.165) is 0 Å². The molecule has 0 saturated carbocycles. The van der Waals surface area contributed by atoms with E-state index in [1.807, 2.05) is 6.07 Å². The third-order valence-electron chi connectivity index (χ3n) is 2.69. The zero-order valence-electron chi connectivity index (χ0n) is 9.54. The second-order valence-electron chi connectivity index (χ2n) is 3.77. The maximum atomic E-state index is 12.1. The van der Waals surface area contributed by atoms with E-state index in [-0.39, 0.29) is 11.7 Å². The number of carbonyl (C=O) groups is 1. The second kappa shape index (κ2) is 4.93. The van der Waals surface area contributed by atoms with E-state index in [1.54, 1.807) is 11.8 Å². The Balaban J connectivity index is 2.06. The molecular weight excluding hydrogens is 222 g/mol. The van der Waals surface area contributed by atoms with Crippen LogP contribution in [0.4, 0.5) is 0 Å². The Morgan fingerprint density at radius 3 is 2.88 bits per heavy atom. The number of rotatable bonds is 2. The van der Waals surface area contributed by atoms with E-state index < -0.39 is 6.04 Å². The lowest BCUT2D eigenvalue weighted by molar-refractivity contribution is -0.138. The zero-order chi connectivity index (χ0) is 12.3. The highest BCUT2D eigenvalue weighted by atomic mass is 16.5. The molecule has 1 fully saturated rings. The predicted molar refractivity (Wildman–Crippen MR) is 56.8 cm³/mol. The summed E-state index contributed by atoms with van der Waals surface area (Å²) in [6.07, 6.45) is 1.40. The zero-order valence-corrected chi connectivity index (χ0v) is 9.54. The van der Waals surface area contributed by atoms with Gasteiger partial charge in [-0.3, -0.25) is 4.79 Å². The van der Waals surface area contributed by atoms with Gasteiger partial charge in [0.1, 0.15) is 18.4 Å². The molecule has 17 heavy (non-hydrogen) atoms. The van der Waals surface area contributed by atoms with Crippen molar-refractivity contribution in [2.45, 2.75) is 13.0 Å². The maximum Gasteiger partial charge on any atom is 0.252 e. The fraction of sp³-hybridized carbons (Fsp3) is 0.600. The summed E-state index contributed by atoms with van der Waals surface area (Å²) in [6, 6.07) is 1.39. The first-order valence-corrected chi connectivity index (χ1v) is 5.40. The van der Waals surface area contributed by atoms with Crippen molar-refractivity contribution in [2.75, 3.05) is 26.3 Å². The van der Waals surface area contributed by atoms with Crippen molar-refractivity contribution in [2.24, 2.45) is 0 Å². The predicted octanol–water partition coefficient (Wildman–Crippen LogP) is -0.430. The van der Waals surface area contributed by atoms with Gasteiger partial charge < -0.3 is 9.64 Å². The number of aromatic nitrogens is 3. The Morgan fingerprint density at radius 2 is 2.29 bits per heavy atom. The quantitative estimate of drug-likeness (QED) is 0.694. The topological polar surface area (TPSA) is 84.0 Å². The Bertz CT molecular complexity index is 444. The summed E-state index contributed by atoms with van der Waals surface area (Å²) in [5.41, 5.74) is 0. The average Bonchev–Trinajstić information content (AvgIpc) is 2.87. The molecule has 0 aliphatic carbocycles. The van der Waals surface area contributed by atoms with Crippen LogP contribution in [0.2, 0.25) is 0 Å². The molecular formula is C10H13N5O2. The first-order chi connectivity index (χ1) is 8.22. The van der Waals surface area contributed by atoms with E-state index in [4.69, 9.17) is 10.00 Å². The van der Waals surface area contributed by atoms with Crippen molar-refractivity contribution in [3.05, 3.63) is 12.2 Å². The van der Waals surface area contributed by atoms with E-state index in [9.17, 15) is 4.79 Å². The standard InChI is InChI=1S/C10H13N5O2/c1-8(15-7-12-9(6-11)13-15)10(16)14-2-4-17-5-3-14/h7-8H,2-5H2,1H3. The van der Waals surface area contributed by atoms with Crippen LogP contribution in [0.3, 0.4) is 0 Å². The summed E-state index contributed by atoms with van der Waals surface area (Å²) in [5.74, 6) is 0.0503. The van der Waals surface area contributed by atoms with Crippen LogP contribution >= 0.6 is 0 Å². The van der Waals surface area contributed by atoms with Crippen LogP contribution in [-0.2, 0) is 9.53 Å². The van der Waals surface area contributed by atoms with Gasteiger partial charge in [0.2, 0.25) is 5.91 Å². The van der Waals surface area contributed by atoms with Gasteiger partial charge in [-0.15, -0.1) is 5.10 Å². The highest BCUT2D eigenvalue weighted by molar-refractivity contribution is 5.80. The van der Waals surface area contributed by atoms with Gasteiger partial charge >= 0.3 is 0 Å². The normalized spacial score (nSPS) is 17.5. The number of nitrogens with zero attached hydrogens (tertiary/aromatic N) is 5. The molecule has 2 rings (SSSR count). The van der Waals surface area contributed by atoms with Gasteiger partial charge in [0.25, 0.3) is 5.82 Å². The Hall–Kier alpha value is -1.94. The van der Waals surface area contributed by atoms with E-state index in [1.165, 1.54) is 11.0 Å². The van der Waals surface area contributed by atoms with Gasteiger partial charge in [0, 0.05) is 13.1 Å². The van der Waals surface area contributed by atoms with Gasteiger partial charge in [0.15, 0.2) is 0 Å². The van der Waals surface area contributed by atoms with Crippen molar-refractivity contribution >= 4 is 5.91 Å². The first-order valence-electron chi connectivity index (χ1n) is 5.40. The highest BCUT2D eigenvalue weighted by Gasteiger charge is 2.24. The molecule has 1 aromatic rings. The lowest BCUT2D eigenvalue weighted by atomic mass is 10.2. The second-order valence-corrected chi connectivity index (χ2v) is 3.77. The van der Waals surface area contributed by atoms with Crippen molar-refractivity contribution in [3.63, 3.8) is 0 Å². The van der Waals surface area contributed by atoms with Crippen LogP contribution in [0, 0.1) is 11.3 Å². The van der Waals surface area contributed by atoms with Gasteiger partial charge in [-0.05, 0) is 6.92 Å². The lowest BCUT2D eigenvalue weighted by Crippen LogP contribution is -2.43. The fourth-order valence-corrected chi connectivity index (χ4v) is 1.67. The van der Waals surface area contributed by atoms with Crippen molar-refractivity contribution in [1.29, 1.82) is 5.26 Å². The minimum atomic E-state index is -0.442. The molecule has 7 heteroatoms. The van der Waals surface area contributed by atoms with Crippen molar-refractivity contribution < 1.29 is 9.53 Å². The molecule has 1 aromatic heterocycles. The molecule has 1 saturated heterocycles. The maximum absolute atomic E-state index is 12.1. The van der Waals surface area contributed by atoms with E-state index in [0.29, 0.717) is 26.3 Å². The minimum absolute atomic E-state index is 0.0253. The molecule has 0 aromatic carbocycles. The smallest absolute Gasteiger partial charge is 0.252 e. The third-order valence-corrected chi connectivity index (χ3v) is 2.69. The SMILES string of the molecule is CC(C(=O)N1CCOCC1)n1cnc(C#N)n1. The summed E-state index contributed by atoms with van der Waals surface area (Å²) in [7, 11) is 0. The van der Waals surface area contributed by atoms with Gasteiger partial charge in [-0.2, -0.15) is 5.26 Å². The Labute approximate surface area is 98.6 Å². The molecule has 2 heterocycles. The molecule has 0 N–H and O–H groups in total. The monoisotopic (exact) mass is 235 g/mol. The van der Waals surface area contributed by atoms with Crippen LogP contribution in [-0.4, -0.2) is 51.9 Å². The number of nitriles is 1. The number of carbonyl (C=O) groups excluding carboxylic acids is 1. The van der Waals surface area contributed by atoms with E-state index >= 15 is 0 Å². The molecule has 1 aliphatic rings. The Kier molecular flexibility index (Phi) is 3.35. The van der Waals surface area contributed by atoms with Gasteiger partial charge in [-0.25, -0.2) is 9.67 Å². The molecule has 0 radical (unpaired) electrons. The molecule has 1 unspecified atom stereocenters. The molecule has 0 bridgehead atoms. The summed E-state index contributed by atoms with van der Waals surface area (Å²) >= 11 is 0. The van der Waals surface area contributed by atoms with Gasteiger partial charge in [-0.1, -0.05) is 0 Å². The molecule has 7 nitrogen and oxygen atoms in total. The summed E-state index contributed by atoms with van der Waals surface area (Å²) in [5, 5.41) is 12.5. The lowest BCUT2D eigenvalue weighted by Gasteiger charge is -2.29. The largest absolute Gasteiger partial charge is 0.378 e. The number of amides is 1. The first kappa shape index (κ1) is 11.5. The minimum Gasteiger partial charge on any atom is -0.378 e. The van der Waals surface area contributed by atoms with Crippen LogP contribution < -0.4 is 0 Å². The molecule has 1 amide bonds. The molecule has 90 valence electrons. The fourth-order valence-electron chi connectivity index (χ4n) is 1.67. The number of hydrogen-bond donors (Lipinski definition) is 0. The third kappa shape index (κ3) is 2.42. The summed E-state index contributed by atoms with van der Waals surface area (Å²) in [4.78, 5) is 17.6.